The standard InChI is InChI=1S/C25H19Cl2N3O5/c1-12-9-15(14(3)29(12)16-7-8-20(27)17(11-16)24(33)34)10-18-22(31)28-25(35)30(23(18)32)21-6-4-5-19(26)13(21)2/h4-11H,1-3H3,(H,33,34)(H,28,31,35)/b18-10+. The van der Waals surface area contributed by atoms with Gasteiger partial charge in [-0.25, -0.2) is 14.5 Å². The van der Waals surface area contributed by atoms with E-state index < -0.39 is 23.8 Å². The fraction of sp³-hybridized carbons (Fsp3) is 0.120. The van der Waals surface area contributed by atoms with Crippen molar-refractivity contribution in [2.24, 2.45) is 0 Å². The first-order valence-electron chi connectivity index (χ1n) is 10.4. The zero-order chi connectivity index (χ0) is 25.6. The highest BCUT2D eigenvalue weighted by atomic mass is 35.5. The van der Waals surface area contributed by atoms with Crippen molar-refractivity contribution in [1.82, 2.24) is 9.88 Å². The van der Waals surface area contributed by atoms with E-state index in [9.17, 15) is 24.3 Å². The molecule has 4 amide bonds. The van der Waals surface area contributed by atoms with E-state index in [4.69, 9.17) is 23.2 Å². The van der Waals surface area contributed by atoms with Gasteiger partial charge in [-0.3, -0.25) is 14.9 Å². The summed E-state index contributed by atoms with van der Waals surface area (Å²) in [5.41, 5.74) is 2.98. The Labute approximate surface area is 210 Å². The van der Waals surface area contributed by atoms with Gasteiger partial charge in [-0.1, -0.05) is 29.3 Å². The van der Waals surface area contributed by atoms with Crippen molar-refractivity contribution in [3.05, 3.63) is 86.2 Å². The van der Waals surface area contributed by atoms with E-state index in [1.807, 2.05) is 0 Å². The molecule has 2 heterocycles. The average Bonchev–Trinajstić information content (AvgIpc) is 3.07. The lowest BCUT2D eigenvalue weighted by Gasteiger charge is -2.27. The molecule has 1 aromatic heterocycles. The summed E-state index contributed by atoms with van der Waals surface area (Å²) in [6.07, 6.45) is 1.41. The Bertz CT molecular complexity index is 1470. The van der Waals surface area contributed by atoms with Crippen LogP contribution in [-0.2, 0) is 9.59 Å². The van der Waals surface area contributed by atoms with E-state index in [1.165, 1.54) is 18.2 Å². The van der Waals surface area contributed by atoms with Crippen molar-refractivity contribution in [3.63, 3.8) is 0 Å². The number of anilines is 1. The van der Waals surface area contributed by atoms with E-state index in [-0.39, 0.29) is 21.8 Å². The van der Waals surface area contributed by atoms with Gasteiger partial charge in [-0.05, 0) is 74.4 Å². The third kappa shape index (κ3) is 4.22. The molecule has 1 aliphatic heterocycles. The molecule has 0 spiro atoms. The van der Waals surface area contributed by atoms with Crippen molar-refractivity contribution in [2.45, 2.75) is 20.8 Å². The van der Waals surface area contributed by atoms with Crippen molar-refractivity contribution >= 4 is 58.8 Å². The first-order chi connectivity index (χ1) is 16.5. The van der Waals surface area contributed by atoms with Gasteiger partial charge >= 0.3 is 12.0 Å². The summed E-state index contributed by atoms with van der Waals surface area (Å²) in [4.78, 5) is 50.8. The highest BCUT2D eigenvalue weighted by molar-refractivity contribution is 6.40. The smallest absolute Gasteiger partial charge is 0.337 e. The molecule has 0 saturated carbocycles. The van der Waals surface area contributed by atoms with E-state index in [0.717, 1.165) is 10.6 Å². The van der Waals surface area contributed by atoms with Crippen molar-refractivity contribution in [1.29, 1.82) is 0 Å². The number of halogens is 2. The van der Waals surface area contributed by atoms with Crippen LogP contribution in [0.4, 0.5) is 10.5 Å². The number of aryl methyl sites for hydroxylation is 1. The molecule has 2 aromatic carbocycles. The van der Waals surface area contributed by atoms with Crippen LogP contribution >= 0.6 is 23.2 Å². The van der Waals surface area contributed by atoms with Gasteiger partial charge < -0.3 is 9.67 Å². The molecule has 4 rings (SSSR count). The summed E-state index contributed by atoms with van der Waals surface area (Å²) >= 11 is 12.2. The van der Waals surface area contributed by atoms with Crippen LogP contribution in [0.2, 0.25) is 10.0 Å². The maximum Gasteiger partial charge on any atom is 0.337 e. The Kier molecular flexibility index (Phi) is 6.27. The molecule has 2 N–H and O–H groups in total. The normalized spacial score (nSPS) is 15.1. The van der Waals surface area contributed by atoms with Crippen LogP contribution in [0.3, 0.4) is 0 Å². The van der Waals surface area contributed by atoms with Crippen LogP contribution in [0.25, 0.3) is 11.8 Å². The van der Waals surface area contributed by atoms with Crippen LogP contribution in [0.15, 0.2) is 48.0 Å². The van der Waals surface area contributed by atoms with Crippen molar-refractivity contribution in [2.75, 3.05) is 4.90 Å². The number of carboxylic acids is 1. The topological polar surface area (TPSA) is 109 Å². The zero-order valence-corrected chi connectivity index (χ0v) is 20.4. The fourth-order valence-corrected chi connectivity index (χ4v) is 4.39. The van der Waals surface area contributed by atoms with Gasteiger partial charge in [0.2, 0.25) is 0 Å². The summed E-state index contributed by atoms with van der Waals surface area (Å²) in [5, 5.41) is 12.1. The van der Waals surface area contributed by atoms with E-state index in [1.54, 1.807) is 55.7 Å². The van der Waals surface area contributed by atoms with E-state index in [0.29, 0.717) is 27.5 Å². The number of hydrogen-bond acceptors (Lipinski definition) is 4. The summed E-state index contributed by atoms with van der Waals surface area (Å²) < 4.78 is 1.78. The Balaban J connectivity index is 1.80. The number of hydrogen-bond donors (Lipinski definition) is 2. The predicted molar refractivity (Wildman–Crippen MR) is 132 cm³/mol. The zero-order valence-electron chi connectivity index (χ0n) is 18.8. The van der Waals surface area contributed by atoms with Crippen molar-refractivity contribution < 1.29 is 24.3 Å². The number of benzene rings is 2. The third-order valence-corrected chi connectivity index (χ3v) is 6.53. The predicted octanol–water partition coefficient (Wildman–Crippen LogP) is 5.07. The molecule has 0 unspecified atom stereocenters. The second kappa shape index (κ2) is 9.05. The molecule has 8 nitrogen and oxygen atoms in total. The number of nitrogens with one attached hydrogen (secondary N) is 1. The number of carbonyl (C=O) groups is 4. The summed E-state index contributed by atoms with van der Waals surface area (Å²) in [6.45, 7) is 5.24. The monoisotopic (exact) mass is 511 g/mol. The van der Waals surface area contributed by atoms with E-state index in [2.05, 4.69) is 5.32 Å². The Morgan fingerprint density at radius 3 is 2.40 bits per heavy atom. The minimum Gasteiger partial charge on any atom is -0.478 e. The molecule has 1 saturated heterocycles. The molecule has 10 heteroatoms. The number of aromatic carboxylic acids is 1. The highest BCUT2D eigenvalue weighted by Gasteiger charge is 2.37. The number of nitrogens with zero attached hydrogens (tertiary/aromatic N) is 2. The van der Waals surface area contributed by atoms with Crippen LogP contribution in [0.5, 0.6) is 0 Å². The molecule has 35 heavy (non-hydrogen) atoms. The van der Waals surface area contributed by atoms with Crippen LogP contribution in [0.1, 0.15) is 32.9 Å². The molecular weight excluding hydrogens is 493 g/mol. The summed E-state index contributed by atoms with van der Waals surface area (Å²) in [7, 11) is 0. The first kappa shape index (κ1) is 24.3. The average molecular weight is 512 g/mol. The molecular formula is C25H19Cl2N3O5. The Morgan fingerprint density at radius 1 is 1.00 bits per heavy atom. The maximum absolute atomic E-state index is 13.3. The molecule has 3 aromatic rings. The minimum atomic E-state index is -1.16. The highest BCUT2D eigenvalue weighted by Crippen LogP contribution is 2.31. The van der Waals surface area contributed by atoms with Crippen LogP contribution in [0, 0.1) is 20.8 Å². The molecule has 1 fully saturated rings. The lowest BCUT2D eigenvalue weighted by atomic mass is 10.1. The van der Waals surface area contributed by atoms with Crippen LogP contribution < -0.4 is 10.2 Å². The molecule has 178 valence electrons. The SMILES string of the molecule is Cc1c(Cl)cccc1N1C(=O)NC(=O)/C(=C\c2cc(C)n(-c3ccc(Cl)c(C(=O)O)c3)c2C)C1=O. The number of imide groups is 2. The van der Waals surface area contributed by atoms with Crippen molar-refractivity contribution in [3.8, 4) is 5.69 Å². The van der Waals surface area contributed by atoms with Gasteiger partial charge in [0.15, 0.2) is 0 Å². The van der Waals surface area contributed by atoms with Gasteiger partial charge in [-0.15, -0.1) is 0 Å². The second-order valence-corrected chi connectivity index (χ2v) is 8.79. The molecule has 1 aliphatic rings. The molecule has 0 aliphatic carbocycles. The molecule has 0 bridgehead atoms. The molecule has 0 atom stereocenters. The lowest BCUT2D eigenvalue weighted by Crippen LogP contribution is -2.54. The number of barbiturate groups is 1. The third-order valence-electron chi connectivity index (χ3n) is 5.79. The molecule has 0 radical (unpaired) electrons. The summed E-state index contributed by atoms with van der Waals surface area (Å²) in [6, 6.07) is 10.3. The van der Waals surface area contributed by atoms with E-state index >= 15 is 0 Å². The van der Waals surface area contributed by atoms with Gasteiger partial charge in [0.25, 0.3) is 11.8 Å². The fourth-order valence-electron chi connectivity index (χ4n) is 4.02. The summed E-state index contributed by atoms with van der Waals surface area (Å²) in [5.74, 6) is -2.76. The van der Waals surface area contributed by atoms with Gasteiger partial charge in [-0.2, -0.15) is 0 Å². The number of urea groups is 1. The second-order valence-electron chi connectivity index (χ2n) is 7.97. The number of amides is 4. The minimum absolute atomic E-state index is 0.0514. The van der Waals surface area contributed by atoms with Gasteiger partial charge in [0.1, 0.15) is 5.57 Å². The number of carboxylic acid groups (broad SMARTS) is 1. The maximum atomic E-state index is 13.3. The largest absolute Gasteiger partial charge is 0.478 e. The van der Waals surface area contributed by atoms with Gasteiger partial charge in [0, 0.05) is 22.1 Å². The Hall–Kier alpha value is -3.88. The quantitative estimate of drug-likeness (QED) is 0.375. The number of carbonyl (C=O) groups excluding carboxylic acids is 3. The lowest BCUT2D eigenvalue weighted by molar-refractivity contribution is -0.122. The van der Waals surface area contributed by atoms with Crippen LogP contribution in [-0.4, -0.2) is 33.5 Å². The number of aromatic nitrogens is 1. The number of rotatable bonds is 4. The van der Waals surface area contributed by atoms with Gasteiger partial charge in [0.05, 0.1) is 16.3 Å². The Morgan fingerprint density at radius 2 is 1.71 bits per heavy atom. The first-order valence-corrected chi connectivity index (χ1v) is 11.2.